The Morgan fingerprint density at radius 3 is 2.92 bits per heavy atom. The van der Waals surface area contributed by atoms with Crippen LogP contribution in [0.4, 0.5) is 0 Å². The highest BCUT2D eigenvalue weighted by Gasteiger charge is 2.26. The number of carbonyl (C=O) groups excluding carboxylic acids is 1. The molecule has 3 rings (SSSR count). The molecule has 1 aliphatic rings. The SMILES string of the molecule is CON(C)S(=O)(=O)c1cccc(C(=O)NC2CCCc3c2cnn3C)c1. The van der Waals surface area contributed by atoms with E-state index >= 15 is 0 Å². The topological polar surface area (TPSA) is 93.5 Å². The molecule has 0 fully saturated rings. The van der Waals surface area contributed by atoms with Gasteiger partial charge in [0.25, 0.3) is 15.9 Å². The summed E-state index contributed by atoms with van der Waals surface area (Å²) < 4.78 is 27.3. The Kier molecular flexibility index (Phi) is 5.12. The number of rotatable bonds is 5. The second kappa shape index (κ2) is 7.18. The predicted molar refractivity (Wildman–Crippen MR) is 94.8 cm³/mol. The summed E-state index contributed by atoms with van der Waals surface area (Å²) in [6, 6.07) is 5.80. The third-order valence-electron chi connectivity index (χ3n) is 4.67. The summed E-state index contributed by atoms with van der Waals surface area (Å²) in [5.74, 6) is -0.316. The number of aryl methyl sites for hydroxylation is 1. The standard InChI is InChI=1S/C17H22N4O4S/c1-20-16-9-5-8-15(14(16)11-18-20)19-17(22)12-6-4-7-13(10-12)26(23,24)21(2)25-3/h4,6-7,10-11,15H,5,8-9H2,1-3H3,(H,19,22). The minimum Gasteiger partial charge on any atom is -0.345 e. The maximum Gasteiger partial charge on any atom is 0.264 e. The van der Waals surface area contributed by atoms with Crippen molar-refractivity contribution in [3.63, 3.8) is 0 Å². The van der Waals surface area contributed by atoms with Gasteiger partial charge < -0.3 is 5.32 Å². The third-order valence-corrected chi connectivity index (χ3v) is 6.35. The van der Waals surface area contributed by atoms with Gasteiger partial charge in [-0.3, -0.25) is 14.3 Å². The van der Waals surface area contributed by atoms with E-state index < -0.39 is 10.0 Å². The number of hydrogen-bond donors (Lipinski definition) is 1. The van der Waals surface area contributed by atoms with Crippen molar-refractivity contribution >= 4 is 15.9 Å². The lowest BCUT2D eigenvalue weighted by molar-refractivity contribution is -0.0258. The Labute approximate surface area is 152 Å². The molecule has 0 spiro atoms. The first kappa shape index (κ1) is 18.6. The number of amides is 1. The Hall–Kier alpha value is -2.23. The Balaban J connectivity index is 1.83. The number of carbonyl (C=O) groups is 1. The number of nitrogens with zero attached hydrogens (tertiary/aromatic N) is 3. The highest BCUT2D eigenvalue weighted by molar-refractivity contribution is 7.89. The average Bonchev–Trinajstić information content (AvgIpc) is 3.03. The first-order valence-electron chi connectivity index (χ1n) is 8.29. The van der Waals surface area contributed by atoms with E-state index in [9.17, 15) is 13.2 Å². The van der Waals surface area contributed by atoms with Crippen molar-refractivity contribution in [2.45, 2.75) is 30.2 Å². The molecular formula is C17H22N4O4S. The fourth-order valence-electron chi connectivity index (χ4n) is 3.14. The number of nitrogens with one attached hydrogen (secondary N) is 1. The quantitative estimate of drug-likeness (QED) is 0.794. The first-order chi connectivity index (χ1) is 12.3. The zero-order valence-electron chi connectivity index (χ0n) is 15.0. The van der Waals surface area contributed by atoms with E-state index in [1.165, 1.54) is 26.3 Å². The average molecular weight is 378 g/mol. The zero-order valence-corrected chi connectivity index (χ0v) is 15.8. The molecule has 1 atom stereocenters. The smallest absolute Gasteiger partial charge is 0.264 e. The van der Waals surface area contributed by atoms with Crippen LogP contribution >= 0.6 is 0 Å². The molecule has 8 nitrogen and oxygen atoms in total. The predicted octanol–water partition coefficient (Wildman–Crippen LogP) is 1.41. The van der Waals surface area contributed by atoms with Gasteiger partial charge in [0, 0.05) is 30.9 Å². The van der Waals surface area contributed by atoms with Gasteiger partial charge in [-0.05, 0) is 37.5 Å². The van der Waals surface area contributed by atoms with Crippen molar-refractivity contribution in [3.8, 4) is 0 Å². The fourth-order valence-corrected chi connectivity index (χ4v) is 4.16. The van der Waals surface area contributed by atoms with Crippen molar-refractivity contribution in [2.75, 3.05) is 14.2 Å². The summed E-state index contributed by atoms with van der Waals surface area (Å²) in [4.78, 5) is 17.4. The lowest BCUT2D eigenvalue weighted by Gasteiger charge is -2.24. The Morgan fingerprint density at radius 1 is 1.42 bits per heavy atom. The molecule has 1 aliphatic carbocycles. The van der Waals surface area contributed by atoms with Gasteiger partial charge in [-0.2, -0.15) is 5.10 Å². The molecule has 1 aromatic heterocycles. The van der Waals surface area contributed by atoms with E-state index in [0.717, 1.165) is 35.0 Å². The summed E-state index contributed by atoms with van der Waals surface area (Å²) in [7, 11) is 0.653. The summed E-state index contributed by atoms with van der Waals surface area (Å²) in [5, 5.41) is 7.26. The van der Waals surface area contributed by atoms with Gasteiger partial charge in [-0.15, -0.1) is 0 Å². The van der Waals surface area contributed by atoms with Crippen LogP contribution in [0.5, 0.6) is 0 Å². The first-order valence-corrected chi connectivity index (χ1v) is 9.73. The molecule has 1 N–H and O–H groups in total. The molecule has 0 saturated heterocycles. The molecule has 1 unspecified atom stereocenters. The Bertz CT molecular complexity index is 923. The van der Waals surface area contributed by atoms with Crippen LogP contribution in [0.25, 0.3) is 0 Å². The van der Waals surface area contributed by atoms with Crippen LogP contribution in [0.15, 0.2) is 35.4 Å². The summed E-state index contributed by atoms with van der Waals surface area (Å²) in [5.41, 5.74) is 2.43. The maximum absolute atomic E-state index is 12.7. The molecule has 140 valence electrons. The van der Waals surface area contributed by atoms with Crippen LogP contribution < -0.4 is 5.32 Å². The van der Waals surface area contributed by atoms with Crippen molar-refractivity contribution < 1.29 is 18.0 Å². The van der Waals surface area contributed by atoms with E-state index in [-0.39, 0.29) is 22.4 Å². The van der Waals surface area contributed by atoms with E-state index in [1.807, 2.05) is 11.7 Å². The molecular weight excluding hydrogens is 356 g/mol. The van der Waals surface area contributed by atoms with Crippen LogP contribution in [0, 0.1) is 0 Å². The summed E-state index contributed by atoms with van der Waals surface area (Å²) >= 11 is 0. The van der Waals surface area contributed by atoms with Crippen molar-refractivity contribution in [2.24, 2.45) is 7.05 Å². The minimum absolute atomic E-state index is 0.000195. The molecule has 1 aromatic carbocycles. The lowest BCUT2D eigenvalue weighted by atomic mass is 9.93. The van der Waals surface area contributed by atoms with Crippen molar-refractivity contribution in [1.29, 1.82) is 0 Å². The van der Waals surface area contributed by atoms with Gasteiger partial charge in [0.05, 0.1) is 24.2 Å². The van der Waals surface area contributed by atoms with E-state index in [4.69, 9.17) is 4.84 Å². The van der Waals surface area contributed by atoms with Gasteiger partial charge in [0.15, 0.2) is 0 Å². The second-order valence-electron chi connectivity index (χ2n) is 6.21. The monoisotopic (exact) mass is 378 g/mol. The number of sulfonamides is 1. The molecule has 0 aliphatic heterocycles. The van der Waals surface area contributed by atoms with Gasteiger partial charge in [0.1, 0.15) is 0 Å². The van der Waals surface area contributed by atoms with Gasteiger partial charge in [-0.1, -0.05) is 10.5 Å². The van der Waals surface area contributed by atoms with E-state index in [1.54, 1.807) is 18.3 Å². The van der Waals surface area contributed by atoms with Crippen LogP contribution in [0.2, 0.25) is 0 Å². The highest BCUT2D eigenvalue weighted by Crippen LogP contribution is 2.29. The molecule has 1 amide bonds. The normalized spacial score (nSPS) is 17.2. The number of hydroxylamine groups is 1. The zero-order chi connectivity index (χ0) is 18.9. The Morgan fingerprint density at radius 2 is 2.19 bits per heavy atom. The van der Waals surface area contributed by atoms with Crippen LogP contribution in [0.1, 0.15) is 40.5 Å². The van der Waals surface area contributed by atoms with Crippen LogP contribution in [-0.4, -0.2) is 42.7 Å². The fraction of sp³-hybridized carbons (Fsp3) is 0.412. The van der Waals surface area contributed by atoms with Crippen LogP contribution in [0.3, 0.4) is 0 Å². The molecule has 1 heterocycles. The molecule has 0 radical (unpaired) electrons. The molecule has 0 bridgehead atoms. The van der Waals surface area contributed by atoms with Crippen molar-refractivity contribution in [3.05, 3.63) is 47.3 Å². The molecule has 2 aromatic rings. The third kappa shape index (κ3) is 3.37. The maximum atomic E-state index is 12.7. The summed E-state index contributed by atoms with van der Waals surface area (Å²) in [6.45, 7) is 0. The van der Waals surface area contributed by atoms with E-state index in [0.29, 0.717) is 0 Å². The van der Waals surface area contributed by atoms with Gasteiger partial charge in [-0.25, -0.2) is 8.42 Å². The molecule has 26 heavy (non-hydrogen) atoms. The number of aromatic nitrogens is 2. The number of hydrogen-bond acceptors (Lipinski definition) is 5. The van der Waals surface area contributed by atoms with E-state index in [2.05, 4.69) is 10.4 Å². The number of fused-ring (bicyclic) bond motifs is 1. The highest BCUT2D eigenvalue weighted by atomic mass is 32.2. The largest absolute Gasteiger partial charge is 0.345 e. The van der Waals surface area contributed by atoms with Crippen molar-refractivity contribution in [1.82, 2.24) is 19.6 Å². The minimum atomic E-state index is -3.81. The van der Waals surface area contributed by atoms with Gasteiger partial charge in [0.2, 0.25) is 0 Å². The van der Waals surface area contributed by atoms with Crippen LogP contribution in [-0.2, 0) is 28.3 Å². The second-order valence-corrected chi connectivity index (χ2v) is 8.15. The molecule has 9 heteroatoms. The van der Waals surface area contributed by atoms with Gasteiger partial charge >= 0.3 is 0 Å². The lowest BCUT2D eigenvalue weighted by Crippen LogP contribution is -2.31. The molecule has 0 saturated carbocycles. The number of benzene rings is 1. The summed E-state index contributed by atoms with van der Waals surface area (Å²) in [6.07, 6.45) is 4.52.